The van der Waals surface area contributed by atoms with Gasteiger partial charge in [0.2, 0.25) is 0 Å². The van der Waals surface area contributed by atoms with Gasteiger partial charge in [-0.15, -0.1) is 11.3 Å². The molecule has 1 amide bonds. The second kappa shape index (κ2) is 8.59. The number of thiophene rings is 1. The van der Waals surface area contributed by atoms with E-state index in [1.54, 1.807) is 18.4 Å². The molecule has 2 aromatic carbocycles. The fourth-order valence-corrected chi connectivity index (χ4v) is 9.33. The number of hydrogen-bond acceptors (Lipinski definition) is 5. The quantitative estimate of drug-likeness (QED) is 0.412. The number of likely N-dealkylation sites (N-methyl/N-ethyl adjacent to an activating group) is 1. The third-order valence-corrected chi connectivity index (χ3v) is 11.2. The molecule has 1 spiro atoms. The summed E-state index contributed by atoms with van der Waals surface area (Å²) >= 11 is 1.69. The lowest BCUT2D eigenvalue weighted by atomic mass is 9.52. The van der Waals surface area contributed by atoms with E-state index in [9.17, 15) is 4.79 Å². The lowest BCUT2D eigenvalue weighted by molar-refractivity contribution is -0.0227. The van der Waals surface area contributed by atoms with Crippen molar-refractivity contribution in [3.8, 4) is 11.5 Å². The van der Waals surface area contributed by atoms with Crippen molar-refractivity contribution in [3.05, 3.63) is 80.0 Å². The topological polar surface area (TPSA) is 42.0 Å². The van der Waals surface area contributed by atoms with Crippen LogP contribution < -0.4 is 9.47 Å². The van der Waals surface area contributed by atoms with Crippen LogP contribution in [0.25, 0.3) is 0 Å². The van der Waals surface area contributed by atoms with Crippen molar-refractivity contribution < 1.29 is 14.3 Å². The Morgan fingerprint density at radius 2 is 2.00 bits per heavy atom. The van der Waals surface area contributed by atoms with Gasteiger partial charge in [-0.25, -0.2) is 0 Å². The Bertz CT molecular complexity index is 1430. The average Bonchev–Trinajstić information content (AvgIpc) is 3.44. The van der Waals surface area contributed by atoms with E-state index in [0.29, 0.717) is 18.5 Å². The SMILES string of the molecule is COc1ccc2c3c1O[C@H]1c4sc(C(=O)N(Cc5ccccc5)C(C)C)c(C)c4CC4[C@H](C2)N(C)CC[C@@]341. The molecule has 7 rings (SSSR count). The van der Waals surface area contributed by atoms with E-state index in [1.807, 2.05) is 23.1 Å². The number of rotatable bonds is 5. The zero-order valence-corrected chi connectivity index (χ0v) is 23.7. The molecule has 1 unspecified atom stereocenters. The van der Waals surface area contributed by atoms with E-state index in [0.717, 1.165) is 53.3 Å². The van der Waals surface area contributed by atoms with Crippen molar-refractivity contribution in [2.45, 2.75) is 70.2 Å². The highest BCUT2D eigenvalue weighted by Gasteiger charge is 2.65. The fourth-order valence-electron chi connectivity index (χ4n) is 7.90. The van der Waals surface area contributed by atoms with Gasteiger partial charge in [-0.2, -0.15) is 0 Å². The highest BCUT2D eigenvalue weighted by molar-refractivity contribution is 7.14. The highest BCUT2D eigenvalue weighted by Crippen LogP contribution is 2.68. The highest BCUT2D eigenvalue weighted by atomic mass is 32.1. The van der Waals surface area contributed by atoms with Crippen molar-refractivity contribution >= 4 is 17.2 Å². The van der Waals surface area contributed by atoms with Crippen LogP contribution in [0.4, 0.5) is 0 Å². The first kappa shape index (κ1) is 24.2. The van der Waals surface area contributed by atoms with Crippen molar-refractivity contribution in [2.75, 3.05) is 20.7 Å². The van der Waals surface area contributed by atoms with E-state index in [2.05, 4.69) is 57.0 Å². The molecule has 3 heterocycles. The molecule has 0 N–H and O–H groups in total. The van der Waals surface area contributed by atoms with E-state index in [1.165, 1.54) is 21.6 Å². The Labute approximate surface area is 229 Å². The van der Waals surface area contributed by atoms with Crippen LogP contribution in [0.3, 0.4) is 0 Å². The molecule has 198 valence electrons. The smallest absolute Gasteiger partial charge is 0.264 e. The van der Waals surface area contributed by atoms with Crippen LogP contribution in [0.2, 0.25) is 0 Å². The van der Waals surface area contributed by atoms with Gasteiger partial charge in [0.1, 0.15) is 6.10 Å². The van der Waals surface area contributed by atoms with Crippen LogP contribution in [0.15, 0.2) is 42.5 Å². The van der Waals surface area contributed by atoms with E-state index >= 15 is 0 Å². The molecule has 3 aromatic rings. The van der Waals surface area contributed by atoms with Gasteiger partial charge in [-0.1, -0.05) is 36.4 Å². The molecule has 0 saturated carbocycles. The molecule has 1 fully saturated rings. The van der Waals surface area contributed by atoms with Gasteiger partial charge in [0, 0.05) is 29.6 Å². The summed E-state index contributed by atoms with van der Waals surface area (Å²) in [5.74, 6) is 2.39. The maximum Gasteiger partial charge on any atom is 0.264 e. The van der Waals surface area contributed by atoms with Crippen LogP contribution in [0.5, 0.6) is 11.5 Å². The van der Waals surface area contributed by atoms with Crippen LogP contribution in [0.1, 0.15) is 68.7 Å². The Morgan fingerprint density at radius 3 is 2.74 bits per heavy atom. The Hall–Kier alpha value is -2.83. The molecular formula is C32H36N2O3S. The summed E-state index contributed by atoms with van der Waals surface area (Å²) < 4.78 is 12.8. The summed E-state index contributed by atoms with van der Waals surface area (Å²) in [5.41, 5.74) is 6.43. The minimum absolute atomic E-state index is 0.0407. The summed E-state index contributed by atoms with van der Waals surface area (Å²) in [6.07, 6.45) is 3.09. The number of piperidine rings is 1. The summed E-state index contributed by atoms with van der Waals surface area (Å²) in [6.45, 7) is 8.07. The minimum atomic E-state index is -0.0512. The van der Waals surface area contributed by atoms with Crippen LogP contribution in [0, 0.1) is 12.8 Å². The third-order valence-electron chi connectivity index (χ3n) is 9.84. The van der Waals surface area contributed by atoms with E-state index < -0.39 is 0 Å². The van der Waals surface area contributed by atoms with Gasteiger partial charge < -0.3 is 19.3 Å². The van der Waals surface area contributed by atoms with E-state index in [-0.39, 0.29) is 23.5 Å². The molecule has 6 heteroatoms. The zero-order chi connectivity index (χ0) is 26.3. The number of carbonyl (C=O) groups excluding carboxylic acids is 1. The van der Waals surface area contributed by atoms with Crippen molar-refractivity contribution in [2.24, 2.45) is 5.92 Å². The molecule has 1 saturated heterocycles. The average molecular weight is 529 g/mol. The summed E-state index contributed by atoms with van der Waals surface area (Å²) in [7, 11) is 4.02. The van der Waals surface area contributed by atoms with Crippen molar-refractivity contribution in [1.82, 2.24) is 9.80 Å². The predicted molar refractivity (Wildman–Crippen MR) is 150 cm³/mol. The zero-order valence-electron chi connectivity index (χ0n) is 22.9. The van der Waals surface area contributed by atoms with Gasteiger partial charge in [0.15, 0.2) is 11.5 Å². The van der Waals surface area contributed by atoms with Gasteiger partial charge in [-0.05, 0) is 87.9 Å². The second-order valence-corrected chi connectivity index (χ2v) is 12.9. The fraction of sp³-hybridized carbons (Fsp3) is 0.469. The number of likely N-dealkylation sites (tertiary alicyclic amines) is 1. The number of carbonyl (C=O) groups is 1. The summed E-state index contributed by atoms with van der Waals surface area (Å²) in [4.78, 5) is 20.9. The number of fused-ring (bicyclic) bond motifs is 2. The Morgan fingerprint density at radius 1 is 1.21 bits per heavy atom. The summed E-state index contributed by atoms with van der Waals surface area (Å²) in [6, 6.07) is 15.2. The lowest BCUT2D eigenvalue weighted by Gasteiger charge is -2.57. The molecule has 4 atom stereocenters. The van der Waals surface area contributed by atoms with Crippen molar-refractivity contribution in [1.29, 1.82) is 0 Å². The first-order chi connectivity index (χ1) is 18.3. The maximum absolute atomic E-state index is 14.1. The second-order valence-electron chi connectivity index (χ2n) is 11.9. The molecule has 5 nitrogen and oxygen atoms in total. The largest absolute Gasteiger partial charge is 0.493 e. The normalized spacial score (nSPS) is 26.5. The molecule has 2 aliphatic carbocycles. The standard InChI is InChI=1S/C32H36N2O3S/c1-18(2)34(17-20-9-7-6-8-10-20)31(35)28-19(3)22-16-23-24-15-21-11-12-25(36-5)27-26(21)32(23,13-14-33(24)4)30(37-27)29(22)38-28/h6-12,18,23-24,30H,13-17H2,1-5H3/t23?,24-,30-,32-/m0/s1. The minimum Gasteiger partial charge on any atom is -0.493 e. The van der Waals surface area contributed by atoms with Gasteiger partial charge in [-0.3, -0.25) is 4.79 Å². The molecule has 38 heavy (non-hydrogen) atoms. The monoisotopic (exact) mass is 528 g/mol. The third kappa shape index (κ3) is 3.16. The number of hydrogen-bond donors (Lipinski definition) is 0. The molecule has 2 bridgehead atoms. The summed E-state index contributed by atoms with van der Waals surface area (Å²) in [5, 5.41) is 0. The van der Waals surface area contributed by atoms with Gasteiger partial charge in [0.05, 0.1) is 16.9 Å². The van der Waals surface area contributed by atoms with E-state index in [4.69, 9.17) is 9.47 Å². The van der Waals surface area contributed by atoms with Crippen LogP contribution in [-0.4, -0.2) is 48.5 Å². The number of nitrogens with zero attached hydrogens (tertiary/aromatic N) is 2. The first-order valence-electron chi connectivity index (χ1n) is 13.9. The molecular weight excluding hydrogens is 492 g/mol. The molecule has 0 radical (unpaired) electrons. The van der Waals surface area contributed by atoms with Crippen LogP contribution >= 0.6 is 11.3 Å². The van der Waals surface area contributed by atoms with Gasteiger partial charge in [0.25, 0.3) is 5.91 Å². The Kier molecular flexibility index (Phi) is 5.47. The molecule has 2 aliphatic heterocycles. The predicted octanol–water partition coefficient (Wildman–Crippen LogP) is 5.92. The lowest BCUT2D eigenvalue weighted by Crippen LogP contribution is -2.61. The molecule has 4 aliphatic rings. The van der Waals surface area contributed by atoms with Crippen molar-refractivity contribution in [3.63, 3.8) is 0 Å². The number of benzene rings is 2. The molecule has 1 aromatic heterocycles. The first-order valence-corrected chi connectivity index (χ1v) is 14.7. The number of ether oxygens (including phenoxy) is 2. The maximum atomic E-state index is 14.1. The number of methoxy groups -OCH3 is 1. The Balaban J connectivity index is 1.34. The van der Waals surface area contributed by atoms with Gasteiger partial charge >= 0.3 is 0 Å². The number of amides is 1. The van der Waals surface area contributed by atoms with Crippen LogP contribution in [-0.2, 0) is 24.8 Å².